The summed E-state index contributed by atoms with van der Waals surface area (Å²) in [6.07, 6.45) is -104. The summed E-state index contributed by atoms with van der Waals surface area (Å²) >= 11 is 0. The van der Waals surface area contributed by atoms with Gasteiger partial charge in [0.15, 0.2) is 62.9 Å². The number of aliphatic hydroxyl groups excluding tert-OH is 25. The van der Waals surface area contributed by atoms with Gasteiger partial charge in [0.05, 0.1) is 65.6 Å². The zero-order chi connectivity index (χ0) is 96.2. The maximum atomic E-state index is 13.6. The minimum absolute atomic E-state index is 0.812. The van der Waals surface area contributed by atoms with Crippen molar-refractivity contribution in [2.75, 3.05) is 59.5 Å². The quantitative estimate of drug-likeness (QED) is 0.0262. The number of nitrogens with one attached hydrogen (secondary N) is 4. The Morgan fingerprint density at radius 1 is 0.254 bits per heavy atom. The number of carbonyl (C=O) groups is 4. The van der Waals surface area contributed by atoms with E-state index in [-0.39, 0.29) is 0 Å². The predicted molar refractivity (Wildman–Crippen MR) is 395 cm³/mol. The zero-order valence-corrected chi connectivity index (χ0v) is 70.6. The Bertz CT molecular complexity index is 3850. The third kappa shape index (κ3) is 25.1. The van der Waals surface area contributed by atoms with Gasteiger partial charge in [0.25, 0.3) is 0 Å². The topological polar surface area (TPSA) is 925 Å². The number of hydrogen-bond donors (Lipinski definition) is 31. The summed E-state index contributed by atoms with van der Waals surface area (Å²) < 4.78 is 192. The summed E-state index contributed by atoms with van der Waals surface area (Å²) in [5.41, 5.74) is 0. The molecule has 0 aromatic carbocycles. The van der Waals surface area contributed by atoms with Crippen LogP contribution < -0.4 is 21.3 Å². The Balaban J connectivity index is 1.05. The van der Waals surface area contributed by atoms with E-state index in [2.05, 4.69) is 25.5 Å². The van der Waals surface area contributed by atoms with Crippen molar-refractivity contribution in [3.05, 3.63) is 0 Å². The van der Waals surface area contributed by atoms with Crippen molar-refractivity contribution in [3.8, 4) is 0 Å². The number of amides is 4. The van der Waals surface area contributed by atoms with Gasteiger partial charge in [-0.15, -0.1) is 0 Å². The van der Waals surface area contributed by atoms with Gasteiger partial charge in [-0.1, -0.05) is 0 Å². The zero-order valence-electron chi connectivity index (χ0n) is 69.0. The average molecular weight is 1950 g/mol. The summed E-state index contributed by atoms with van der Waals surface area (Å²) in [5.74, 6) is -4.08. The summed E-state index contributed by atoms with van der Waals surface area (Å²) in [6.45, 7) is -6.81. The number of hydrogen-bond acceptors (Lipinski definition) is 54. The van der Waals surface area contributed by atoms with Gasteiger partial charge >= 0.3 is 20.8 Å². The van der Waals surface area contributed by atoms with Gasteiger partial charge in [-0.2, -0.15) is 16.8 Å². The van der Waals surface area contributed by atoms with Crippen LogP contribution in [0.1, 0.15) is 34.6 Å². The fourth-order valence-electron chi connectivity index (χ4n) is 16.2. The molecule has 10 aliphatic heterocycles. The highest BCUT2D eigenvalue weighted by Crippen LogP contribution is 2.42. The molecule has 0 saturated carbocycles. The summed E-state index contributed by atoms with van der Waals surface area (Å²) in [7, 11) is -11.2. The largest absolute Gasteiger partial charge is 0.397 e. The van der Waals surface area contributed by atoms with Crippen molar-refractivity contribution < 1.29 is 271 Å². The molecule has 31 N–H and O–H groups in total. The molecule has 10 fully saturated rings. The number of rotatable bonds is 35. The Kier molecular flexibility index (Phi) is 38.3. The molecule has 0 aromatic rings. The first-order valence-corrected chi connectivity index (χ1v) is 43.0. The van der Waals surface area contributed by atoms with Crippen LogP contribution in [0.5, 0.6) is 0 Å². The molecule has 60 nitrogen and oxygen atoms in total. The van der Waals surface area contributed by atoms with Crippen molar-refractivity contribution in [1.82, 2.24) is 21.3 Å². The maximum Gasteiger partial charge on any atom is 0.397 e. The minimum Gasteiger partial charge on any atom is -0.394 e. The lowest BCUT2D eigenvalue weighted by atomic mass is 9.93. The molecule has 0 unspecified atom stereocenters. The van der Waals surface area contributed by atoms with Crippen LogP contribution in [0.4, 0.5) is 0 Å². The third-order valence-electron chi connectivity index (χ3n) is 22.8. The van der Waals surface area contributed by atoms with Gasteiger partial charge in [-0.3, -0.25) is 28.3 Å². The van der Waals surface area contributed by atoms with Gasteiger partial charge in [0, 0.05) is 27.7 Å². The van der Waals surface area contributed by atoms with Crippen molar-refractivity contribution in [1.29, 1.82) is 0 Å². The van der Waals surface area contributed by atoms with E-state index < -0.39 is 411 Å². The van der Waals surface area contributed by atoms with E-state index in [0.717, 1.165) is 34.6 Å². The lowest BCUT2D eigenvalue weighted by molar-refractivity contribution is -0.403. The molecule has 10 heterocycles. The molecular weight excluding hydrogens is 1830 g/mol. The van der Waals surface area contributed by atoms with Crippen molar-refractivity contribution in [3.63, 3.8) is 0 Å². The fourth-order valence-corrected chi connectivity index (χ4v) is 16.8. The Labute approximate surface area is 735 Å². The first-order chi connectivity index (χ1) is 61.0. The van der Waals surface area contributed by atoms with Gasteiger partial charge in [-0.25, -0.2) is 8.37 Å². The molecule has 0 aromatic heterocycles. The minimum atomic E-state index is -5.67. The molecule has 0 spiro atoms. The number of aliphatic hydroxyl groups is 25. The molecule has 754 valence electrons. The van der Waals surface area contributed by atoms with Crippen LogP contribution in [0.3, 0.4) is 0 Å². The Hall–Kier alpha value is -4.14. The van der Waals surface area contributed by atoms with E-state index >= 15 is 0 Å². The second-order valence-corrected chi connectivity index (χ2v) is 34.2. The standard InChI is InChI=1S/C68H114N4O56S2/c1-15-33(83)42(92)47(97)63(111-15)125-55-32(72-19(5)82)62(120-28(14-110-130(105,106)107)54(55)124-65-49(99)44(94)35(85)21(7-74)114-65)128-58-46(96)37(87)23(9-76)116-68(58)126-56-38(88)26(118-66(50(56)100)122-52-25(11-78)117-60(30(40(52)90)70-17(3)80)121-51-24(10-77)112-59(101)29(39(51)89)69-16(2)79)12-108-67-57(45(95)36(86)22(8-75)115-67)127-61-31(71-18(4)81)41(91)53(27(119-61)13-109-129(102,103)104)123-64-48(98)43(93)34(84)20(6-73)113-64/h15,20-68,73-78,83-101H,6-14H2,1-5H3,(H,69,79)(H,70,80)(H,71,81)(H,72,82)(H,102,103,104)(H,105,106,107)/t15-,20+,21+,22+,23+,24+,25+,26+,27+,28+,29+,30-,31+,32+,33+,34-,35-,36+,37+,38+,39+,40+,41+,42+,43-,44-,45-,46-,47+,48+,49+,50-,51+,52+,53+,54+,55+,56-,57-,58-,59+,60-,61-,62-,63-,64-,65-,66-,67-,68+/m0/s1. The highest BCUT2D eigenvalue weighted by molar-refractivity contribution is 7.81. The molecule has 50 atom stereocenters. The van der Waals surface area contributed by atoms with Crippen LogP contribution in [-0.2, 0) is 138 Å². The first kappa shape index (κ1) is 108. The molecule has 10 rings (SSSR count). The van der Waals surface area contributed by atoms with E-state index in [1.165, 1.54) is 0 Å². The van der Waals surface area contributed by atoms with E-state index in [9.17, 15) is 173 Å². The predicted octanol–water partition coefficient (Wildman–Crippen LogP) is -21.5. The van der Waals surface area contributed by atoms with Gasteiger partial charge < -0.3 is 239 Å². The van der Waals surface area contributed by atoms with E-state index in [1.54, 1.807) is 0 Å². The molecular formula is C68H114N4O56S2. The highest BCUT2D eigenvalue weighted by atomic mass is 32.3. The molecule has 0 bridgehead atoms. The van der Waals surface area contributed by atoms with Crippen molar-refractivity contribution in [2.45, 2.75) is 341 Å². The lowest BCUT2D eigenvalue weighted by Crippen LogP contribution is -2.71. The van der Waals surface area contributed by atoms with Crippen LogP contribution >= 0.6 is 0 Å². The SMILES string of the molecule is CC(=O)N[C@@H]1[C@H](O[C@H]2[C@H](O)[C@@H](NC(C)=O)[C@H](O)O[C@@H]2CO)O[C@H](CO)[C@@H](O[C@@H]2O[C@H](CO[C@H]3O[C@H](CO)[C@@H](O)[C@H](O)[C@@H]3O[C@@H]3O[C@H](COS(=O)(=O)O)[C@@H](O[C@@H]4O[C@H](CO)[C@H](O)[C@H](O)[C@H]4O)[C@H](O)[C@H]3NC(C)=O)[C@@H](O)[C@H](O[C@H]3O[C@H](CO)[C@@H](O)[C@H](O)[C@@H]3O[C@@H]3O[C@H](COS(=O)(=O)O)[C@@H](O[C@@H]4O[C@H](CO)[C@H](O)[C@H](O)[C@H]4O)[C@H](O[C@@H]4O[C@@H](C)[C@@H](O)[C@@H](O)[C@H]4O)[C@H]3NC(C)=O)[C@@H]2O)[C@@H]1O. The summed E-state index contributed by atoms with van der Waals surface area (Å²) in [6, 6.07) is -8.15. The third-order valence-corrected chi connectivity index (χ3v) is 23.7. The molecule has 4 amide bonds. The molecule has 10 saturated heterocycles. The number of carbonyl (C=O) groups excluding carboxylic acids is 4. The Morgan fingerprint density at radius 3 is 0.985 bits per heavy atom. The molecule has 62 heteroatoms. The van der Waals surface area contributed by atoms with Crippen LogP contribution in [0.2, 0.25) is 0 Å². The Morgan fingerprint density at radius 2 is 0.546 bits per heavy atom. The smallest absolute Gasteiger partial charge is 0.394 e. The van der Waals surface area contributed by atoms with Gasteiger partial charge in [-0.05, 0) is 6.92 Å². The first-order valence-electron chi connectivity index (χ1n) is 40.3. The van der Waals surface area contributed by atoms with Crippen LogP contribution in [0, 0.1) is 0 Å². The maximum absolute atomic E-state index is 13.6. The monoisotopic (exact) mass is 1950 g/mol. The highest BCUT2D eigenvalue weighted by Gasteiger charge is 2.63. The second kappa shape index (κ2) is 46.1. The normalized spacial score (nSPS) is 47.6. The summed E-state index contributed by atoms with van der Waals surface area (Å²) in [4.78, 5) is 52.1. The molecule has 130 heavy (non-hydrogen) atoms. The van der Waals surface area contributed by atoms with Crippen LogP contribution in [0.15, 0.2) is 0 Å². The fraction of sp³-hybridized carbons (Fsp3) is 0.941. The summed E-state index contributed by atoms with van der Waals surface area (Å²) in [5, 5.41) is 291. The molecule has 0 aliphatic carbocycles. The van der Waals surface area contributed by atoms with E-state index in [1.807, 2.05) is 0 Å². The van der Waals surface area contributed by atoms with Gasteiger partial charge in [0.2, 0.25) is 23.6 Å². The van der Waals surface area contributed by atoms with Crippen LogP contribution in [0.25, 0.3) is 0 Å². The average Bonchev–Trinajstić information content (AvgIpc) is 0.762. The van der Waals surface area contributed by atoms with Crippen molar-refractivity contribution >= 4 is 44.4 Å². The van der Waals surface area contributed by atoms with E-state index in [0.29, 0.717) is 0 Å². The van der Waals surface area contributed by atoms with Gasteiger partial charge in [0.1, 0.15) is 238 Å². The second-order valence-electron chi connectivity index (χ2n) is 32.0. The molecule has 10 aliphatic rings. The number of ether oxygens (including phenoxy) is 19. The lowest BCUT2D eigenvalue weighted by Gasteiger charge is -2.52. The van der Waals surface area contributed by atoms with Crippen molar-refractivity contribution in [2.24, 2.45) is 0 Å². The molecule has 0 radical (unpaired) electrons. The van der Waals surface area contributed by atoms with E-state index in [4.69, 9.17) is 94.2 Å². The van der Waals surface area contributed by atoms with Crippen LogP contribution in [-0.4, -0.2) is 544 Å².